The first-order chi connectivity index (χ1) is 10.9. The SMILES string of the molecule is CC(C)(C)C(OCc1ccccc1)C(=O)C(=O)c1ccccc1. The van der Waals surface area contributed by atoms with Crippen molar-refractivity contribution in [1.82, 2.24) is 0 Å². The number of benzene rings is 2. The largest absolute Gasteiger partial charge is 0.365 e. The maximum Gasteiger partial charge on any atom is 0.232 e. The predicted octanol–water partition coefficient (Wildman–Crippen LogP) is 4.07. The van der Waals surface area contributed by atoms with E-state index in [0.29, 0.717) is 12.2 Å². The molecule has 0 amide bonds. The number of hydrogen-bond donors (Lipinski definition) is 0. The first-order valence-electron chi connectivity index (χ1n) is 7.68. The van der Waals surface area contributed by atoms with Crippen LogP contribution in [0.2, 0.25) is 0 Å². The number of Topliss-reactive ketones (excluding diaryl/α,β-unsaturated/α-hetero) is 2. The minimum atomic E-state index is -0.782. The van der Waals surface area contributed by atoms with Gasteiger partial charge in [-0.1, -0.05) is 81.4 Å². The zero-order chi connectivity index (χ0) is 16.9. The van der Waals surface area contributed by atoms with Crippen LogP contribution >= 0.6 is 0 Å². The monoisotopic (exact) mass is 310 g/mol. The summed E-state index contributed by atoms with van der Waals surface area (Å²) < 4.78 is 5.83. The van der Waals surface area contributed by atoms with E-state index in [9.17, 15) is 9.59 Å². The molecule has 120 valence electrons. The minimum Gasteiger partial charge on any atom is -0.365 e. The van der Waals surface area contributed by atoms with Gasteiger partial charge in [-0.25, -0.2) is 0 Å². The van der Waals surface area contributed by atoms with Gasteiger partial charge in [-0.3, -0.25) is 9.59 Å². The molecule has 2 aromatic carbocycles. The molecule has 3 nitrogen and oxygen atoms in total. The summed E-state index contributed by atoms with van der Waals surface area (Å²) in [6.07, 6.45) is -0.782. The van der Waals surface area contributed by atoms with E-state index in [0.717, 1.165) is 5.56 Å². The lowest BCUT2D eigenvalue weighted by Gasteiger charge is -2.29. The highest BCUT2D eigenvalue weighted by atomic mass is 16.5. The van der Waals surface area contributed by atoms with Crippen LogP contribution in [0.3, 0.4) is 0 Å². The van der Waals surface area contributed by atoms with Crippen molar-refractivity contribution in [2.45, 2.75) is 33.5 Å². The molecule has 0 radical (unpaired) electrons. The molecule has 0 aromatic heterocycles. The van der Waals surface area contributed by atoms with Gasteiger partial charge < -0.3 is 4.74 Å². The maximum atomic E-state index is 12.6. The number of rotatable bonds is 6. The summed E-state index contributed by atoms with van der Waals surface area (Å²) in [5.74, 6) is -1.00. The molecule has 0 aliphatic heterocycles. The van der Waals surface area contributed by atoms with Gasteiger partial charge in [0.2, 0.25) is 11.6 Å². The van der Waals surface area contributed by atoms with Gasteiger partial charge >= 0.3 is 0 Å². The van der Waals surface area contributed by atoms with E-state index in [1.807, 2.05) is 57.2 Å². The predicted molar refractivity (Wildman–Crippen MR) is 90.3 cm³/mol. The smallest absolute Gasteiger partial charge is 0.232 e. The zero-order valence-electron chi connectivity index (χ0n) is 13.8. The topological polar surface area (TPSA) is 43.4 Å². The lowest BCUT2D eigenvalue weighted by Crippen LogP contribution is -2.41. The molecule has 0 heterocycles. The van der Waals surface area contributed by atoms with Crippen molar-refractivity contribution in [2.75, 3.05) is 0 Å². The Morgan fingerprint density at radius 2 is 1.43 bits per heavy atom. The van der Waals surface area contributed by atoms with E-state index in [1.165, 1.54) is 0 Å². The number of carbonyl (C=O) groups is 2. The Morgan fingerprint density at radius 1 is 0.913 bits per heavy atom. The highest BCUT2D eigenvalue weighted by Gasteiger charge is 2.36. The quantitative estimate of drug-likeness (QED) is 0.596. The summed E-state index contributed by atoms with van der Waals surface area (Å²) in [7, 11) is 0. The summed E-state index contributed by atoms with van der Waals surface area (Å²) in [4.78, 5) is 25.1. The molecule has 0 aliphatic rings. The van der Waals surface area contributed by atoms with E-state index in [4.69, 9.17) is 4.74 Å². The average Bonchev–Trinajstić information content (AvgIpc) is 2.54. The zero-order valence-corrected chi connectivity index (χ0v) is 13.8. The van der Waals surface area contributed by atoms with Crippen molar-refractivity contribution < 1.29 is 14.3 Å². The third-order valence-electron chi connectivity index (χ3n) is 3.54. The molecular formula is C20H22O3. The van der Waals surface area contributed by atoms with E-state index >= 15 is 0 Å². The lowest BCUT2D eigenvalue weighted by molar-refractivity contribution is -0.134. The molecule has 23 heavy (non-hydrogen) atoms. The van der Waals surface area contributed by atoms with Crippen LogP contribution in [0, 0.1) is 5.41 Å². The van der Waals surface area contributed by atoms with Crippen LogP contribution in [0.25, 0.3) is 0 Å². The highest BCUT2D eigenvalue weighted by Crippen LogP contribution is 2.25. The Morgan fingerprint density at radius 3 is 1.96 bits per heavy atom. The van der Waals surface area contributed by atoms with E-state index in [2.05, 4.69) is 0 Å². The van der Waals surface area contributed by atoms with Gasteiger partial charge in [-0.05, 0) is 11.0 Å². The molecule has 0 bridgehead atoms. The molecule has 0 N–H and O–H groups in total. The maximum absolute atomic E-state index is 12.6. The third kappa shape index (κ3) is 4.60. The van der Waals surface area contributed by atoms with Crippen LogP contribution in [0.4, 0.5) is 0 Å². The molecule has 0 aliphatic carbocycles. The molecule has 1 atom stereocenters. The summed E-state index contributed by atoms with van der Waals surface area (Å²) in [5.41, 5.74) is 0.910. The Balaban J connectivity index is 2.15. The van der Waals surface area contributed by atoms with Gasteiger partial charge in [-0.2, -0.15) is 0 Å². The van der Waals surface area contributed by atoms with E-state index in [-0.39, 0.29) is 0 Å². The summed E-state index contributed by atoms with van der Waals surface area (Å²) >= 11 is 0. The average molecular weight is 310 g/mol. The Labute approximate surface area is 137 Å². The van der Waals surface area contributed by atoms with Crippen molar-refractivity contribution >= 4 is 11.6 Å². The molecule has 0 spiro atoms. The van der Waals surface area contributed by atoms with Gasteiger partial charge in [0.05, 0.1) is 6.61 Å². The van der Waals surface area contributed by atoms with Crippen molar-refractivity contribution in [3.63, 3.8) is 0 Å². The molecule has 0 saturated heterocycles. The molecule has 1 unspecified atom stereocenters. The molecule has 2 aromatic rings. The second-order valence-electron chi connectivity index (χ2n) is 6.60. The fourth-order valence-corrected chi connectivity index (χ4v) is 2.32. The molecule has 3 heteroatoms. The second kappa shape index (κ2) is 7.34. The van der Waals surface area contributed by atoms with Crippen molar-refractivity contribution in [1.29, 1.82) is 0 Å². The van der Waals surface area contributed by atoms with Gasteiger partial charge in [0.15, 0.2) is 0 Å². The van der Waals surface area contributed by atoms with Crippen LogP contribution in [-0.2, 0) is 16.1 Å². The number of ether oxygens (including phenoxy) is 1. The van der Waals surface area contributed by atoms with Gasteiger partial charge in [0.1, 0.15) is 6.10 Å². The summed E-state index contributed by atoms with van der Waals surface area (Å²) in [6.45, 7) is 6.01. The van der Waals surface area contributed by atoms with Gasteiger partial charge in [-0.15, -0.1) is 0 Å². The fourth-order valence-electron chi connectivity index (χ4n) is 2.32. The lowest BCUT2D eigenvalue weighted by atomic mass is 9.84. The second-order valence-corrected chi connectivity index (χ2v) is 6.60. The van der Waals surface area contributed by atoms with Crippen molar-refractivity contribution in [3.8, 4) is 0 Å². The van der Waals surface area contributed by atoms with Crippen LogP contribution < -0.4 is 0 Å². The Bertz CT molecular complexity index is 654. The Kier molecular flexibility index (Phi) is 5.45. The Hall–Kier alpha value is -2.26. The standard InChI is InChI=1S/C20H22O3/c1-20(2,3)19(23-14-15-10-6-4-7-11-15)18(22)17(21)16-12-8-5-9-13-16/h4-13,19H,14H2,1-3H3. The van der Waals surface area contributed by atoms with E-state index in [1.54, 1.807) is 24.3 Å². The number of ketones is 2. The normalized spacial score (nSPS) is 12.7. The summed E-state index contributed by atoms with van der Waals surface area (Å²) in [6, 6.07) is 18.2. The summed E-state index contributed by atoms with van der Waals surface area (Å²) in [5, 5.41) is 0. The number of hydrogen-bond acceptors (Lipinski definition) is 3. The molecule has 2 rings (SSSR count). The first-order valence-corrected chi connectivity index (χ1v) is 7.68. The van der Waals surface area contributed by atoms with Crippen LogP contribution in [0.15, 0.2) is 60.7 Å². The fraction of sp³-hybridized carbons (Fsp3) is 0.300. The molecule has 0 saturated carbocycles. The third-order valence-corrected chi connectivity index (χ3v) is 3.54. The number of carbonyl (C=O) groups excluding carboxylic acids is 2. The van der Waals surface area contributed by atoms with Gasteiger partial charge in [0.25, 0.3) is 0 Å². The van der Waals surface area contributed by atoms with Crippen LogP contribution in [-0.4, -0.2) is 17.7 Å². The van der Waals surface area contributed by atoms with E-state index < -0.39 is 23.1 Å². The van der Waals surface area contributed by atoms with Gasteiger partial charge in [0, 0.05) is 5.56 Å². The van der Waals surface area contributed by atoms with Crippen LogP contribution in [0.5, 0.6) is 0 Å². The van der Waals surface area contributed by atoms with Crippen molar-refractivity contribution in [2.24, 2.45) is 5.41 Å². The minimum absolute atomic E-state index is 0.302. The molecular weight excluding hydrogens is 288 g/mol. The van der Waals surface area contributed by atoms with Crippen LogP contribution in [0.1, 0.15) is 36.7 Å². The molecule has 0 fully saturated rings. The first kappa shape index (κ1) is 17.1. The van der Waals surface area contributed by atoms with Crippen molar-refractivity contribution in [3.05, 3.63) is 71.8 Å². The highest BCUT2D eigenvalue weighted by molar-refractivity contribution is 6.45.